The minimum absolute atomic E-state index is 0.0843. The molecule has 68 valence electrons. The zero-order valence-corrected chi connectivity index (χ0v) is 8.66. The van der Waals surface area contributed by atoms with Gasteiger partial charge in [-0.25, -0.2) is 0 Å². The van der Waals surface area contributed by atoms with Crippen LogP contribution in [-0.2, 0) is 0 Å². The summed E-state index contributed by atoms with van der Waals surface area (Å²) in [6.07, 6.45) is 3.15. The summed E-state index contributed by atoms with van der Waals surface area (Å²) in [5.41, 5.74) is 0. The molecule has 0 aromatic carbocycles. The highest BCUT2D eigenvalue weighted by molar-refractivity contribution is 7.99. The Morgan fingerprint density at radius 3 is 2.45 bits per heavy atom. The second-order valence-electron chi connectivity index (χ2n) is 2.99. The molecule has 0 heterocycles. The molecule has 0 aromatic rings. The fraction of sp³-hybridized carbons (Fsp3) is 1.00. The third kappa shape index (κ3) is 6.70. The Kier molecular flexibility index (Phi) is 7.18. The fourth-order valence-electron chi connectivity index (χ4n) is 0.810. The molecular formula is C9H20OS. The molecule has 0 fully saturated rings. The van der Waals surface area contributed by atoms with Crippen molar-refractivity contribution in [2.24, 2.45) is 0 Å². The van der Waals surface area contributed by atoms with Crippen LogP contribution >= 0.6 is 11.8 Å². The molecule has 2 atom stereocenters. The van der Waals surface area contributed by atoms with Gasteiger partial charge in [0.2, 0.25) is 0 Å². The van der Waals surface area contributed by atoms with Crippen LogP contribution in [0.4, 0.5) is 0 Å². The van der Waals surface area contributed by atoms with Crippen LogP contribution in [0.15, 0.2) is 0 Å². The van der Waals surface area contributed by atoms with E-state index in [1.54, 1.807) is 0 Å². The first-order chi connectivity index (χ1) is 5.20. The predicted molar refractivity (Wildman–Crippen MR) is 53.1 cm³/mol. The lowest BCUT2D eigenvalue weighted by Gasteiger charge is -2.12. The number of thioether (sulfide) groups is 1. The van der Waals surface area contributed by atoms with Crippen molar-refractivity contribution in [2.75, 3.05) is 5.75 Å². The SMILES string of the molecule is CCCC(O)CSC(C)CC. The molecule has 0 saturated heterocycles. The van der Waals surface area contributed by atoms with Crippen molar-refractivity contribution in [1.82, 2.24) is 0 Å². The molecule has 11 heavy (non-hydrogen) atoms. The zero-order chi connectivity index (χ0) is 8.69. The molecule has 2 heteroatoms. The Morgan fingerprint density at radius 2 is 2.00 bits per heavy atom. The highest BCUT2D eigenvalue weighted by atomic mass is 32.2. The van der Waals surface area contributed by atoms with Gasteiger partial charge in [0.25, 0.3) is 0 Å². The molecule has 1 nitrogen and oxygen atoms in total. The van der Waals surface area contributed by atoms with Crippen molar-refractivity contribution in [3.63, 3.8) is 0 Å². The Bertz CT molecular complexity index is 85.6. The van der Waals surface area contributed by atoms with Gasteiger partial charge in [-0.3, -0.25) is 0 Å². The van der Waals surface area contributed by atoms with Crippen LogP contribution < -0.4 is 0 Å². The second kappa shape index (κ2) is 6.99. The predicted octanol–water partition coefficient (Wildman–Crippen LogP) is 2.68. The van der Waals surface area contributed by atoms with Crippen LogP contribution in [0.1, 0.15) is 40.0 Å². The Labute approximate surface area is 74.6 Å². The van der Waals surface area contributed by atoms with Crippen LogP contribution in [0.3, 0.4) is 0 Å². The van der Waals surface area contributed by atoms with Crippen LogP contribution in [0.5, 0.6) is 0 Å². The summed E-state index contributed by atoms with van der Waals surface area (Å²) in [4.78, 5) is 0. The van der Waals surface area contributed by atoms with Gasteiger partial charge < -0.3 is 5.11 Å². The summed E-state index contributed by atoms with van der Waals surface area (Å²) < 4.78 is 0. The molecule has 2 unspecified atom stereocenters. The van der Waals surface area contributed by atoms with Crippen molar-refractivity contribution < 1.29 is 5.11 Å². The lowest BCUT2D eigenvalue weighted by molar-refractivity contribution is 0.188. The molecule has 0 aliphatic carbocycles. The number of aliphatic hydroxyl groups excluding tert-OH is 1. The van der Waals surface area contributed by atoms with Crippen LogP contribution in [0, 0.1) is 0 Å². The molecule has 0 aliphatic heterocycles. The van der Waals surface area contributed by atoms with Crippen molar-refractivity contribution in [2.45, 2.75) is 51.4 Å². The molecule has 1 N–H and O–H groups in total. The molecule has 0 rings (SSSR count). The van der Waals surface area contributed by atoms with E-state index in [9.17, 15) is 5.11 Å². The monoisotopic (exact) mass is 176 g/mol. The average molecular weight is 176 g/mol. The van der Waals surface area contributed by atoms with E-state index < -0.39 is 0 Å². The first-order valence-corrected chi connectivity index (χ1v) is 5.55. The first kappa shape index (κ1) is 11.3. The molecule has 0 radical (unpaired) electrons. The zero-order valence-electron chi connectivity index (χ0n) is 7.84. The van der Waals surface area contributed by atoms with Gasteiger partial charge in [0.15, 0.2) is 0 Å². The van der Waals surface area contributed by atoms with Crippen molar-refractivity contribution in [3.8, 4) is 0 Å². The summed E-state index contributed by atoms with van der Waals surface area (Å²) in [5.74, 6) is 0.906. The maximum Gasteiger partial charge on any atom is 0.0630 e. The van der Waals surface area contributed by atoms with Gasteiger partial charge in [0.05, 0.1) is 6.10 Å². The molecule has 0 aromatic heterocycles. The lowest BCUT2D eigenvalue weighted by Crippen LogP contribution is -2.11. The molecule has 0 saturated carbocycles. The van der Waals surface area contributed by atoms with Gasteiger partial charge in [-0.2, -0.15) is 11.8 Å². The lowest BCUT2D eigenvalue weighted by atomic mass is 10.2. The molecule has 0 spiro atoms. The van der Waals surface area contributed by atoms with E-state index >= 15 is 0 Å². The maximum absolute atomic E-state index is 9.37. The van der Waals surface area contributed by atoms with Gasteiger partial charge in [-0.15, -0.1) is 0 Å². The molecule has 0 bridgehead atoms. The van der Waals surface area contributed by atoms with Gasteiger partial charge >= 0.3 is 0 Å². The molecule has 0 aliphatic rings. The van der Waals surface area contributed by atoms with Gasteiger partial charge in [-0.1, -0.05) is 27.2 Å². The van der Waals surface area contributed by atoms with Crippen LogP contribution in [-0.4, -0.2) is 22.2 Å². The van der Waals surface area contributed by atoms with E-state index in [-0.39, 0.29) is 6.10 Å². The Balaban J connectivity index is 3.22. The van der Waals surface area contributed by atoms with E-state index in [1.807, 2.05) is 11.8 Å². The van der Waals surface area contributed by atoms with Gasteiger partial charge in [0.1, 0.15) is 0 Å². The van der Waals surface area contributed by atoms with E-state index in [0.717, 1.165) is 18.6 Å². The summed E-state index contributed by atoms with van der Waals surface area (Å²) in [5, 5.41) is 10.1. The second-order valence-corrected chi connectivity index (χ2v) is 4.47. The number of hydrogen-bond acceptors (Lipinski definition) is 2. The van der Waals surface area contributed by atoms with E-state index in [4.69, 9.17) is 0 Å². The summed E-state index contributed by atoms with van der Waals surface area (Å²) in [7, 11) is 0. The molecular weight excluding hydrogens is 156 g/mol. The maximum atomic E-state index is 9.37. The fourth-order valence-corrected chi connectivity index (χ4v) is 1.76. The minimum atomic E-state index is -0.0843. The third-order valence-corrected chi connectivity index (χ3v) is 3.25. The summed E-state index contributed by atoms with van der Waals surface area (Å²) in [6.45, 7) is 6.50. The quantitative estimate of drug-likeness (QED) is 0.671. The first-order valence-electron chi connectivity index (χ1n) is 4.50. The van der Waals surface area contributed by atoms with E-state index in [0.29, 0.717) is 5.25 Å². The van der Waals surface area contributed by atoms with Crippen molar-refractivity contribution in [1.29, 1.82) is 0 Å². The van der Waals surface area contributed by atoms with Gasteiger partial charge in [-0.05, 0) is 12.8 Å². The Hall–Kier alpha value is 0.310. The summed E-state index contributed by atoms with van der Waals surface area (Å²) in [6, 6.07) is 0. The number of rotatable bonds is 6. The minimum Gasteiger partial charge on any atom is -0.392 e. The third-order valence-electron chi connectivity index (χ3n) is 1.77. The smallest absolute Gasteiger partial charge is 0.0630 e. The van der Waals surface area contributed by atoms with E-state index in [2.05, 4.69) is 20.8 Å². The van der Waals surface area contributed by atoms with E-state index in [1.165, 1.54) is 6.42 Å². The summed E-state index contributed by atoms with van der Waals surface area (Å²) >= 11 is 1.87. The average Bonchev–Trinajstić information content (AvgIpc) is 2.01. The largest absolute Gasteiger partial charge is 0.392 e. The Morgan fingerprint density at radius 1 is 1.36 bits per heavy atom. The van der Waals surface area contributed by atoms with Crippen LogP contribution in [0.2, 0.25) is 0 Å². The number of aliphatic hydroxyl groups is 1. The van der Waals surface area contributed by atoms with Crippen LogP contribution in [0.25, 0.3) is 0 Å². The van der Waals surface area contributed by atoms with Crippen molar-refractivity contribution in [3.05, 3.63) is 0 Å². The topological polar surface area (TPSA) is 20.2 Å². The molecule has 0 amide bonds. The van der Waals surface area contributed by atoms with Gasteiger partial charge in [0, 0.05) is 11.0 Å². The standard InChI is InChI=1S/C9H20OS/c1-4-6-9(10)7-11-8(3)5-2/h8-10H,4-7H2,1-3H3. The highest BCUT2D eigenvalue weighted by Crippen LogP contribution is 2.15. The highest BCUT2D eigenvalue weighted by Gasteiger charge is 2.05. The number of hydrogen-bond donors (Lipinski definition) is 1. The normalized spacial score (nSPS) is 16.4. The van der Waals surface area contributed by atoms with Crippen molar-refractivity contribution >= 4 is 11.8 Å².